The van der Waals surface area contributed by atoms with Gasteiger partial charge in [-0.3, -0.25) is 9.59 Å². The molecule has 3 aromatic rings. The van der Waals surface area contributed by atoms with Crippen LogP contribution >= 0.6 is 11.3 Å². The first-order valence-electron chi connectivity index (χ1n) is 6.98. The van der Waals surface area contributed by atoms with E-state index in [4.69, 9.17) is 0 Å². The highest BCUT2D eigenvalue weighted by molar-refractivity contribution is 7.17. The third-order valence-corrected chi connectivity index (χ3v) is 4.44. The van der Waals surface area contributed by atoms with Crippen molar-refractivity contribution in [2.45, 2.75) is 20.4 Å². The topological polar surface area (TPSA) is 51.1 Å². The fourth-order valence-corrected chi connectivity index (χ4v) is 3.20. The molecule has 0 saturated carbocycles. The zero-order valence-electron chi connectivity index (χ0n) is 12.4. The summed E-state index contributed by atoms with van der Waals surface area (Å²) in [6.45, 7) is 3.97. The molecule has 112 valence electrons. The second-order valence-electron chi connectivity index (χ2n) is 5.31. The Kier molecular flexibility index (Phi) is 3.81. The molecule has 0 spiro atoms. The molecule has 0 saturated heterocycles. The molecule has 0 unspecified atom stereocenters. The molecule has 0 aliphatic rings. The fourth-order valence-electron chi connectivity index (χ4n) is 2.43. The van der Waals surface area contributed by atoms with Crippen LogP contribution in [0.15, 0.2) is 46.7 Å². The third kappa shape index (κ3) is 2.80. The van der Waals surface area contributed by atoms with Crippen molar-refractivity contribution in [1.29, 1.82) is 0 Å². The van der Waals surface area contributed by atoms with Crippen LogP contribution in [0.5, 0.6) is 0 Å². The number of thiophene rings is 1. The van der Waals surface area contributed by atoms with Crippen LogP contribution in [-0.2, 0) is 11.3 Å². The van der Waals surface area contributed by atoms with Gasteiger partial charge in [0.05, 0.1) is 5.39 Å². The normalized spacial score (nSPS) is 10.8. The molecule has 2 aromatic heterocycles. The lowest BCUT2D eigenvalue weighted by Gasteiger charge is -2.10. The van der Waals surface area contributed by atoms with Gasteiger partial charge in [-0.15, -0.1) is 11.3 Å². The number of anilines is 1. The first kappa shape index (κ1) is 14.5. The van der Waals surface area contributed by atoms with Crippen molar-refractivity contribution >= 4 is 33.0 Å². The van der Waals surface area contributed by atoms with Crippen LogP contribution in [0.25, 0.3) is 10.1 Å². The molecule has 5 heteroatoms. The standard InChI is InChI=1S/C17H16N2O2S/c1-11-3-4-14(12(2)9-11)18-16(20)10-19-7-5-15-13(17(19)21)6-8-22-15/h3-9H,10H2,1-2H3,(H,18,20). The summed E-state index contributed by atoms with van der Waals surface area (Å²) in [5.41, 5.74) is 2.80. The van der Waals surface area contributed by atoms with Crippen LogP contribution in [0.4, 0.5) is 5.69 Å². The van der Waals surface area contributed by atoms with Crippen molar-refractivity contribution in [2.24, 2.45) is 0 Å². The number of fused-ring (bicyclic) bond motifs is 1. The van der Waals surface area contributed by atoms with Gasteiger partial charge in [0.15, 0.2) is 0 Å². The van der Waals surface area contributed by atoms with E-state index in [2.05, 4.69) is 5.32 Å². The molecule has 0 radical (unpaired) electrons. The molecule has 3 rings (SSSR count). The van der Waals surface area contributed by atoms with E-state index >= 15 is 0 Å². The van der Waals surface area contributed by atoms with Gasteiger partial charge >= 0.3 is 0 Å². The van der Waals surface area contributed by atoms with Gasteiger partial charge in [0.2, 0.25) is 5.91 Å². The van der Waals surface area contributed by atoms with E-state index in [9.17, 15) is 9.59 Å². The molecular formula is C17H16N2O2S. The summed E-state index contributed by atoms with van der Waals surface area (Å²) in [5.74, 6) is -0.205. The number of rotatable bonds is 3. The SMILES string of the molecule is Cc1ccc(NC(=O)Cn2ccc3sccc3c2=O)c(C)c1. The maximum Gasteiger partial charge on any atom is 0.259 e. The lowest BCUT2D eigenvalue weighted by molar-refractivity contribution is -0.116. The van der Waals surface area contributed by atoms with E-state index in [-0.39, 0.29) is 18.0 Å². The van der Waals surface area contributed by atoms with Crippen LogP contribution in [-0.4, -0.2) is 10.5 Å². The lowest BCUT2D eigenvalue weighted by Crippen LogP contribution is -2.27. The molecule has 0 atom stereocenters. The van der Waals surface area contributed by atoms with E-state index in [1.807, 2.05) is 43.5 Å². The van der Waals surface area contributed by atoms with Crippen molar-refractivity contribution in [3.05, 3.63) is 63.4 Å². The molecule has 0 aliphatic heterocycles. The smallest absolute Gasteiger partial charge is 0.259 e. The van der Waals surface area contributed by atoms with E-state index in [1.54, 1.807) is 12.3 Å². The largest absolute Gasteiger partial charge is 0.324 e. The average Bonchev–Trinajstić information content (AvgIpc) is 2.94. The maximum atomic E-state index is 12.3. The Hall–Kier alpha value is -2.40. The zero-order valence-corrected chi connectivity index (χ0v) is 13.2. The Morgan fingerprint density at radius 3 is 2.82 bits per heavy atom. The molecule has 1 N–H and O–H groups in total. The van der Waals surface area contributed by atoms with Crippen molar-refractivity contribution < 1.29 is 4.79 Å². The Morgan fingerprint density at radius 2 is 2.05 bits per heavy atom. The van der Waals surface area contributed by atoms with Gasteiger partial charge < -0.3 is 9.88 Å². The predicted molar refractivity (Wildman–Crippen MR) is 90.6 cm³/mol. The van der Waals surface area contributed by atoms with Gasteiger partial charge in [0.1, 0.15) is 6.54 Å². The zero-order chi connectivity index (χ0) is 15.7. The summed E-state index contributed by atoms with van der Waals surface area (Å²) in [7, 11) is 0. The summed E-state index contributed by atoms with van der Waals surface area (Å²) in [4.78, 5) is 24.5. The Labute approximate surface area is 132 Å². The van der Waals surface area contributed by atoms with Crippen molar-refractivity contribution in [3.8, 4) is 0 Å². The van der Waals surface area contributed by atoms with Crippen LogP contribution in [0.3, 0.4) is 0 Å². The van der Waals surface area contributed by atoms with Gasteiger partial charge in [-0.25, -0.2) is 0 Å². The van der Waals surface area contributed by atoms with Crippen molar-refractivity contribution in [3.63, 3.8) is 0 Å². The Balaban J connectivity index is 1.81. The fraction of sp³-hybridized carbons (Fsp3) is 0.176. The number of pyridine rings is 1. The number of carbonyl (C=O) groups excluding carboxylic acids is 1. The van der Waals surface area contributed by atoms with Crippen LogP contribution < -0.4 is 10.9 Å². The van der Waals surface area contributed by atoms with E-state index in [1.165, 1.54) is 15.9 Å². The van der Waals surface area contributed by atoms with Crippen LogP contribution in [0.2, 0.25) is 0 Å². The Morgan fingerprint density at radius 1 is 1.23 bits per heavy atom. The Bertz CT molecular complexity index is 908. The molecule has 2 heterocycles. The van der Waals surface area contributed by atoms with Gasteiger partial charge in [-0.2, -0.15) is 0 Å². The minimum absolute atomic E-state index is 0.0118. The third-order valence-electron chi connectivity index (χ3n) is 3.56. The number of aromatic nitrogens is 1. The molecule has 4 nitrogen and oxygen atoms in total. The number of benzene rings is 1. The molecule has 0 bridgehead atoms. The van der Waals surface area contributed by atoms with Crippen LogP contribution in [0, 0.1) is 13.8 Å². The number of nitrogens with zero attached hydrogens (tertiary/aromatic N) is 1. The number of hydrogen-bond donors (Lipinski definition) is 1. The molecular weight excluding hydrogens is 296 g/mol. The summed E-state index contributed by atoms with van der Waals surface area (Å²) >= 11 is 1.52. The average molecular weight is 312 g/mol. The second-order valence-corrected chi connectivity index (χ2v) is 6.26. The molecule has 1 amide bonds. The highest BCUT2D eigenvalue weighted by atomic mass is 32.1. The number of hydrogen-bond acceptors (Lipinski definition) is 3. The van der Waals surface area contributed by atoms with E-state index in [0.29, 0.717) is 5.39 Å². The van der Waals surface area contributed by atoms with Crippen molar-refractivity contribution in [1.82, 2.24) is 4.57 Å². The highest BCUT2D eigenvalue weighted by Crippen LogP contribution is 2.17. The lowest BCUT2D eigenvalue weighted by atomic mass is 10.1. The quantitative estimate of drug-likeness (QED) is 0.806. The monoisotopic (exact) mass is 312 g/mol. The predicted octanol–water partition coefficient (Wildman–Crippen LogP) is 3.32. The number of carbonyl (C=O) groups is 1. The van der Waals surface area contributed by atoms with Crippen molar-refractivity contribution in [2.75, 3.05) is 5.32 Å². The first-order valence-corrected chi connectivity index (χ1v) is 7.86. The van der Waals surface area contributed by atoms with E-state index in [0.717, 1.165) is 21.5 Å². The second kappa shape index (κ2) is 5.77. The number of amides is 1. The first-order chi connectivity index (χ1) is 10.5. The van der Waals surface area contributed by atoms with Gasteiger partial charge in [0, 0.05) is 16.6 Å². The summed E-state index contributed by atoms with van der Waals surface area (Å²) < 4.78 is 2.38. The summed E-state index contributed by atoms with van der Waals surface area (Å²) in [5, 5.41) is 5.40. The van der Waals surface area contributed by atoms with E-state index < -0.39 is 0 Å². The van der Waals surface area contributed by atoms with Gasteiger partial charge in [-0.05, 0) is 43.0 Å². The van der Waals surface area contributed by atoms with Crippen LogP contribution in [0.1, 0.15) is 11.1 Å². The molecule has 22 heavy (non-hydrogen) atoms. The number of aryl methyl sites for hydroxylation is 2. The molecule has 1 aromatic carbocycles. The minimum Gasteiger partial charge on any atom is -0.324 e. The molecule has 0 aliphatic carbocycles. The summed E-state index contributed by atoms with van der Waals surface area (Å²) in [6, 6.07) is 9.51. The van der Waals surface area contributed by atoms with Gasteiger partial charge in [0.25, 0.3) is 5.56 Å². The summed E-state index contributed by atoms with van der Waals surface area (Å²) in [6.07, 6.45) is 1.67. The van der Waals surface area contributed by atoms with Gasteiger partial charge in [-0.1, -0.05) is 17.7 Å². The maximum absolute atomic E-state index is 12.3. The molecule has 0 fully saturated rings. The highest BCUT2D eigenvalue weighted by Gasteiger charge is 2.09. The minimum atomic E-state index is -0.205. The number of nitrogens with one attached hydrogen (secondary N) is 1.